The first-order chi connectivity index (χ1) is 14.3. The molecule has 2 unspecified atom stereocenters. The van der Waals surface area contributed by atoms with Crippen LogP contribution in [-0.4, -0.2) is 56.9 Å². The Morgan fingerprint density at radius 2 is 2.13 bits per heavy atom. The molecule has 0 aromatic carbocycles. The maximum absolute atomic E-state index is 14.6. The minimum absolute atomic E-state index is 0.303. The molecule has 0 bridgehead atoms. The number of piperidine rings is 1. The third-order valence-corrected chi connectivity index (χ3v) is 4.98. The van der Waals surface area contributed by atoms with Crippen LogP contribution < -0.4 is 10.2 Å². The van der Waals surface area contributed by atoms with Crippen LogP contribution in [0.15, 0.2) is 37.1 Å². The molecule has 3 aromatic rings. The van der Waals surface area contributed by atoms with Crippen molar-refractivity contribution in [2.45, 2.75) is 45.0 Å². The molecule has 2 N–H and O–H groups in total. The summed E-state index contributed by atoms with van der Waals surface area (Å²) in [4.78, 5) is 30.2. The van der Waals surface area contributed by atoms with E-state index in [1.807, 2.05) is 18.3 Å². The molecule has 0 aliphatic carbocycles. The van der Waals surface area contributed by atoms with Gasteiger partial charge < -0.3 is 19.9 Å². The summed E-state index contributed by atoms with van der Waals surface area (Å²) in [5, 5.41) is 3.60. The first-order valence-corrected chi connectivity index (χ1v) is 9.93. The van der Waals surface area contributed by atoms with Crippen LogP contribution in [0, 0.1) is 0 Å². The van der Waals surface area contributed by atoms with Gasteiger partial charge in [0.25, 0.3) is 0 Å². The van der Waals surface area contributed by atoms with E-state index < -0.39 is 23.9 Å². The van der Waals surface area contributed by atoms with Crippen LogP contribution in [0.4, 0.5) is 14.9 Å². The average Bonchev–Trinajstić information content (AvgIpc) is 3.13. The fraction of sp³-hybridized carbons (Fsp3) is 0.429. The normalized spacial score (nSPS) is 19.7. The molecule has 9 heteroatoms. The number of aromatic amines is 1. The second-order valence-electron chi connectivity index (χ2n) is 8.35. The molecule has 8 nitrogen and oxygen atoms in total. The number of fused-ring (bicyclic) bond motifs is 1. The summed E-state index contributed by atoms with van der Waals surface area (Å²) in [6.45, 7) is 6.19. The predicted octanol–water partition coefficient (Wildman–Crippen LogP) is 3.46. The van der Waals surface area contributed by atoms with Gasteiger partial charge in [0.2, 0.25) is 0 Å². The highest BCUT2D eigenvalue weighted by Crippen LogP contribution is 2.35. The molecule has 2 atom stereocenters. The Hall–Kier alpha value is -3.23. The number of aromatic nitrogens is 4. The molecule has 1 aliphatic heterocycles. The van der Waals surface area contributed by atoms with Crippen molar-refractivity contribution in [1.82, 2.24) is 25.3 Å². The third kappa shape index (κ3) is 4.19. The van der Waals surface area contributed by atoms with E-state index in [9.17, 15) is 9.18 Å². The summed E-state index contributed by atoms with van der Waals surface area (Å²) in [6.07, 6.45) is 5.32. The fourth-order valence-electron chi connectivity index (χ4n) is 3.69. The van der Waals surface area contributed by atoms with Gasteiger partial charge in [-0.25, -0.2) is 24.1 Å². The second-order valence-corrected chi connectivity index (χ2v) is 8.35. The standard InChI is InChI=1S/C21H25FN6O2/c1-21(2,3)30-20(29)27-16-11-28(9-6-14(16)22)17-5-8-24-19-18(17)13(10-25-19)15-4-7-23-12-26-15/h4-5,7-8,10,12,14,16H,6,9,11H2,1-3H3,(H,24,25)(H,27,29). The monoisotopic (exact) mass is 412 g/mol. The molecule has 1 aliphatic rings. The van der Waals surface area contributed by atoms with Gasteiger partial charge >= 0.3 is 6.09 Å². The Labute approximate surface area is 173 Å². The van der Waals surface area contributed by atoms with Crippen LogP contribution in [0.2, 0.25) is 0 Å². The number of ether oxygens (including phenoxy) is 1. The Morgan fingerprint density at radius 3 is 2.87 bits per heavy atom. The van der Waals surface area contributed by atoms with E-state index in [1.54, 1.807) is 33.2 Å². The van der Waals surface area contributed by atoms with Crippen molar-refractivity contribution >= 4 is 22.8 Å². The van der Waals surface area contributed by atoms with Gasteiger partial charge in [-0.1, -0.05) is 0 Å². The van der Waals surface area contributed by atoms with Crippen molar-refractivity contribution in [3.05, 3.63) is 37.1 Å². The molecule has 4 heterocycles. The molecule has 0 radical (unpaired) electrons. The summed E-state index contributed by atoms with van der Waals surface area (Å²) in [5.41, 5.74) is 2.67. The van der Waals surface area contributed by atoms with E-state index in [4.69, 9.17) is 4.74 Å². The predicted molar refractivity (Wildman–Crippen MR) is 112 cm³/mol. The number of hydrogen-bond donors (Lipinski definition) is 2. The number of amides is 1. The summed E-state index contributed by atoms with van der Waals surface area (Å²) in [5.74, 6) is 0. The highest BCUT2D eigenvalue weighted by atomic mass is 19.1. The fourth-order valence-corrected chi connectivity index (χ4v) is 3.69. The van der Waals surface area contributed by atoms with Crippen molar-refractivity contribution in [3.63, 3.8) is 0 Å². The zero-order valence-electron chi connectivity index (χ0n) is 17.2. The highest BCUT2D eigenvalue weighted by molar-refractivity contribution is 6.01. The SMILES string of the molecule is CC(C)(C)OC(=O)NC1CN(c2ccnc3[nH]cc(-c4ccncn4)c23)CCC1F. The van der Waals surface area contributed by atoms with Crippen molar-refractivity contribution in [3.8, 4) is 11.3 Å². The molecular weight excluding hydrogens is 387 g/mol. The van der Waals surface area contributed by atoms with Gasteiger partial charge in [-0.2, -0.15) is 0 Å². The summed E-state index contributed by atoms with van der Waals surface area (Å²) in [6, 6.07) is 3.07. The lowest BCUT2D eigenvalue weighted by molar-refractivity contribution is 0.0466. The van der Waals surface area contributed by atoms with E-state index in [-0.39, 0.29) is 0 Å². The van der Waals surface area contributed by atoms with Crippen LogP contribution in [-0.2, 0) is 4.74 Å². The number of rotatable bonds is 3. The van der Waals surface area contributed by atoms with Crippen LogP contribution >= 0.6 is 0 Å². The molecule has 1 fully saturated rings. The molecule has 3 aromatic heterocycles. The minimum atomic E-state index is -1.14. The van der Waals surface area contributed by atoms with Crippen LogP contribution in [0.25, 0.3) is 22.3 Å². The van der Waals surface area contributed by atoms with E-state index in [1.165, 1.54) is 6.33 Å². The molecule has 1 amide bonds. The van der Waals surface area contributed by atoms with Crippen molar-refractivity contribution in [2.24, 2.45) is 0 Å². The maximum atomic E-state index is 14.6. The largest absolute Gasteiger partial charge is 0.444 e. The number of carbonyl (C=O) groups is 1. The number of alkyl halides is 1. The number of hydrogen-bond acceptors (Lipinski definition) is 6. The Balaban J connectivity index is 1.62. The first-order valence-electron chi connectivity index (χ1n) is 9.93. The second kappa shape index (κ2) is 7.89. The number of halogens is 1. The van der Waals surface area contributed by atoms with Gasteiger partial charge in [0.1, 0.15) is 23.7 Å². The minimum Gasteiger partial charge on any atom is -0.444 e. The molecular formula is C21H25FN6O2. The van der Waals surface area contributed by atoms with E-state index in [0.29, 0.717) is 19.5 Å². The highest BCUT2D eigenvalue weighted by Gasteiger charge is 2.33. The topological polar surface area (TPSA) is 96.0 Å². The lowest BCUT2D eigenvalue weighted by atomic mass is 10.0. The van der Waals surface area contributed by atoms with Crippen molar-refractivity contribution in [2.75, 3.05) is 18.0 Å². The average molecular weight is 412 g/mol. The summed E-state index contributed by atoms with van der Waals surface area (Å²) in [7, 11) is 0. The number of H-pyrrole nitrogens is 1. The number of pyridine rings is 1. The van der Waals surface area contributed by atoms with Crippen LogP contribution in [0.1, 0.15) is 27.2 Å². The molecule has 30 heavy (non-hydrogen) atoms. The van der Waals surface area contributed by atoms with Crippen molar-refractivity contribution < 1.29 is 13.9 Å². The van der Waals surface area contributed by atoms with Crippen LogP contribution in [0.3, 0.4) is 0 Å². The Bertz CT molecular complexity index is 1030. The number of carbonyl (C=O) groups excluding carboxylic acids is 1. The smallest absolute Gasteiger partial charge is 0.408 e. The molecule has 4 rings (SSSR count). The van der Waals surface area contributed by atoms with Gasteiger partial charge in [-0.05, 0) is 39.3 Å². The Morgan fingerprint density at radius 1 is 1.30 bits per heavy atom. The quantitative estimate of drug-likeness (QED) is 0.684. The lowest BCUT2D eigenvalue weighted by Crippen LogP contribution is -2.54. The zero-order chi connectivity index (χ0) is 21.3. The van der Waals surface area contributed by atoms with Gasteiger partial charge in [-0.3, -0.25) is 0 Å². The first kappa shape index (κ1) is 20.1. The van der Waals surface area contributed by atoms with Gasteiger partial charge in [-0.15, -0.1) is 0 Å². The Kier molecular flexibility index (Phi) is 5.27. The van der Waals surface area contributed by atoms with Gasteiger partial charge in [0, 0.05) is 37.2 Å². The molecule has 158 valence electrons. The lowest BCUT2D eigenvalue weighted by Gasteiger charge is -2.37. The number of anilines is 1. The van der Waals surface area contributed by atoms with E-state index in [2.05, 4.69) is 30.2 Å². The number of nitrogens with one attached hydrogen (secondary N) is 2. The molecule has 0 spiro atoms. The van der Waals surface area contributed by atoms with E-state index >= 15 is 0 Å². The van der Waals surface area contributed by atoms with E-state index in [0.717, 1.165) is 28.0 Å². The molecule has 0 saturated carbocycles. The van der Waals surface area contributed by atoms with Crippen molar-refractivity contribution in [1.29, 1.82) is 0 Å². The maximum Gasteiger partial charge on any atom is 0.408 e. The van der Waals surface area contributed by atoms with Gasteiger partial charge in [0.15, 0.2) is 0 Å². The summed E-state index contributed by atoms with van der Waals surface area (Å²) >= 11 is 0. The van der Waals surface area contributed by atoms with Crippen LogP contribution in [0.5, 0.6) is 0 Å². The number of nitrogens with zero attached hydrogens (tertiary/aromatic N) is 4. The third-order valence-electron chi connectivity index (χ3n) is 4.98. The van der Waals surface area contributed by atoms with Gasteiger partial charge in [0.05, 0.1) is 22.8 Å². The molecule has 1 saturated heterocycles. The number of alkyl carbamates (subject to hydrolysis) is 1. The summed E-state index contributed by atoms with van der Waals surface area (Å²) < 4.78 is 19.9. The zero-order valence-corrected chi connectivity index (χ0v) is 17.2.